The van der Waals surface area contributed by atoms with E-state index in [2.05, 4.69) is 10.6 Å². The summed E-state index contributed by atoms with van der Waals surface area (Å²) in [7, 11) is 0. The molecular weight excluding hydrogens is 216 g/mol. The molecule has 4 nitrogen and oxygen atoms in total. The number of rotatable bonds is 3. The first-order valence-electron chi connectivity index (χ1n) is 6.94. The Bertz CT molecular complexity index is 252. The molecule has 2 atom stereocenters. The topological polar surface area (TPSA) is 61.4 Å². The Hall–Kier alpha value is -0.610. The third-order valence-corrected chi connectivity index (χ3v) is 4.01. The van der Waals surface area contributed by atoms with Crippen LogP contribution in [0.4, 0.5) is 0 Å². The molecule has 1 saturated carbocycles. The summed E-state index contributed by atoms with van der Waals surface area (Å²) >= 11 is 0. The lowest BCUT2D eigenvalue weighted by Gasteiger charge is -2.29. The average molecular weight is 240 g/mol. The van der Waals surface area contributed by atoms with Crippen molar-refractivity contribution in [3.05, 3.63) is 0 Å². The molecule has 98 valence electrons. The molecular formula is C13H24N2O2. The molecule has 0 bridgehead atoms. The van der Waals surface area contributed by atoms with Crippen LogP contribution < -0.4 is 10.6 Å². The minimum absolute atomic E-state index is 0.00188. The van der Waals surface area contributed by atoms with Gasteiger partial charge in [-0.1, -0.05) is 12.8 Å². The second-order valence-electron chi connectivity index (χ2n) is 5.42. The van der Waals surface area contributed by atoms with Crippen LogP contribution in [0, 0.1) is 5.92 Å². The summed E-state index contributed by atoms with van der Waals surface area (Å²) in [6.45, 7) is 2.06. The summed E-state index contributed by atoms with van der Waals surface area (Å²) in [6.07, 6.45) is 6.46. The Morgan fingerprint density at radius 2 is 1.88 bits per heavy atom. The number of piperidine rings is 1. The maximum atomic E-state index is 11.9. The highest BCUT2D eigenvalue weighted by Crippen LogP contribution is 2.20. The van der Waals surface area contributed by atoms with Crippen molar-refractivity contribution >= 4 is 5.91 Å². The average Bonchev–Trinajstić information content (AvgIpc) is 2.33. The highest BCUT2D eigenvalue weighted by atomic mass is 16.3. The van der Waals surface area contributed by atoms with E-state index in [1.54, 1.807) is 0 Å². The fourth-order valence-corrected chi connectivity index (χ4v) is 2.89. The Morgan fingerprint density at radius 3 is 2.59 bits per heavy atom. The third kappa shape index (κ3) is 3.96. The van der Waals surface area contributed by atoms with Crippen LogP contribution in [0.5, 0.6) is 0 Å². The Balaban J connectivity index is 1.72. The van der Waals surface area contributed by atoms with Crippen molar-refractivity contribution in [3.8, 4) is 0 Å². The van der Waals surface area contributed by atoms with Gasteiger partial charge < -0.3 is 15.7 Å². The van der Waals surface area contributed by atoms with Crippen molar-refractivity contribution in [3.63, 3.8) is 0 Å². The van der Waals surface area contributed by atoms with Crippen LogP contribution in [0.3, 0.4) is 0 Å². The molecule has 3 N–H and O–H groups in total. The standard InChI is InChI=1S/C13H24N2O2/c16-12-4-2-1-3-11(12)15-13(17)9-10-5-7-14-8-6-10/h10-12,14,16H,1-9H2,(H,15,17). The van der Waals surface area contributed by atoms with Crippen molar-refractivity contribution in [2.45, 2.75) is 57.1 Å². The fraction of sp³-hybridized carbons (Fsp3) is 0.923. The maximum Gasteiger partial charge on any atom is 0.220 e. The van der Waals surface area contributed by atoms with Crippen LogP contribution in [0.1, 0.15) is 44.9 Å². The van der Waals surface area contributed by atoms with E-state index >= 15 is 0 Å². The van der Waals surface area contributed by atoms with Gasteiger partial charge in [-0.15, -0.1) is 0 Å². The van der Waals surface area contributed by atoms with E-state index in [0.29, 0.717) is 12.3 Å². The highest BCUT2D eigenvalue weighted by molar-refractivity contribution is 5.76. The van der Waals surface area contributed by atoms with Gasteiger partial charge in [0, 0.05) is 6.42 Å². The molecule has 2 rings (SSSR count). The summed E-state index contributed by atoms with van der Waals surface area (Å²) in [5.74, 6) is 0.653. The van der Waals surface area contributed by atoms with Crippen molar-refractivity contribution in [2.75, 3.05) is 13.1 Å². The van der Waals surface area contributed by atoms with Gasteiger partial charge in [0.2, 0.25) is 5.91 Å². The summed E-state index contributed by atoms with van der Waals surface area (Å²) < 4.78 is 0. The van der Waals surface area contributed by atoms with Crippen molar-refractivity contribution in [2.24, 2.45) is 5.92 Å². The number of hydrogen-bond donors (Lipinski definition) is 3. The van der Waals surface area contributed by atoms with E-state index < -0.39 is 0 Å². The molecule has 2 aliphatic rings. The minimum Gasteiger partial charge on any atom is -0.391 e. The third-order valence-electron chi connectivity index (χ3n) is 4.01. The molecule has 4 heteroatoms. The lowest BCUT2D eigenvalue weighted by molar-refractivity contribution is -0.124. The molecule has 17 heavy (non-hydrogen) atoms. The molecule has 0 aromatic heterocycles. The van der Waals surface area contributed by atoms with E-state index in [-0.39, 0.29) is 18.1 Å². The van der Waals surface area contributed by atoms with Gasteiger partial charge in [0.05, 0.1) is 12.1 Å². The quantitative estimate of drug-likeness (QED) is 0.683. The molecule has 1 amide bonds. The smallest absolute Gasteiger partial charge is 0.220 e. The van der Waals surface area contributed by atoms with Gasteiger partial charge in [-0.05, 0) is 44.7 Å². The largest absolute Gasteiger partial charge is 0.391 e. The molecule has 0 aromatic rings. The number of hydrogen-bond acceptors (Lipinski definition) is 3. The number of carbonyl (C=O) groups excluding carboxylic acids is 1. The summed E-state index contributed by atoms with van der Waals surface area (Å²) in [6, 6.07) is -0.00188. The van der Waals surface area contributed by atoms with Gasteiger partial charge in [-0.3, -0.25) is 4.79 Å². The van der Waals surface area contributed by atoms with E-state index in [4.69, 9.17) is 0 Å². The van der Waals surface area contributed by atoms with Crippen LogP contribution in [0.2, 0.25) is 0 Å². The predicted molar refractivity (Wildman–Crippen MR) is 66.6 cm³/mol. The molecule has 0 radical (unpaired) electrons. The number of aliphatic hydroxyl groups excluding tert-OH is 1. The van der Waals surface area contributed by atoms with Gasteiger partial charge in [0.15, 0.2) is 0 Å². The van der Waals surface area contributed by atoms with E-state index in [1.165, 1.54) is 0 Å². The van der Waals surface area contributed by atoms with Crippen molar-refractivity contribution < 1.29 is 9.90 Å². The second kappa shape index (κ2) is 6.36. The van der Waals surface area contributed by atoms with Crippen molar-refractivity contribution in [1.29, 1.82) is 0 Å². The van der Waals surface area contributed by atoms with E-state index in [0.717, 1.165) is 51.6 Å². The maximum absolute atomic E-state index is 11.9. The predicted octanol–water partition coefficient (Wildman–Crippen LogP) is 0.796. The molecule has 0 aromatic carbocycles. The number of aliphatic hydroxyl groups is 1. The van der Waals surface area contributed by atoms with Gasteiger partial charge in [0.1, 0.15) is 0 Å². The number of carbonyl (C=O) groups is 1. The monoisotopic (exact) mass is 240 g/mol. The van der Waals surface area contributed by atoms with E-state index in [1.807, 2.05) is 0 Å². The summed E-state index contributed by atoms with van der Waals surface area (Å²) in [4.78, 5) is 11.9. The van der Waals surface area contributed by atoms with Crippen LogP contribution >= 0.6 is 0 Å². The molecule has 1 heterocycles. The van der Waals surface area contributed by atoms with Gasteiger partial charge >= 0.3 is 0 Å². The zero-order valence-corrected chi connectivity index (χ0v) is 10.5. The fourth-order valence-electron chi connectivity index (χ4n) is 2.89. The van der Waals surface area contributed by atoms with Crippen molar-refractivity contribution in [1.82, 2.24) is 10.6 Å². The molecule has 1 aliphatic heterocycles. The molecule has 1 aliphatic carbocycles. The van der Waals surface area contributed by atoms with Gasteiger partial charge in [0.25, 0.3) is 0 Å². The van der Waals surface area contributed by atoms with Crippen LogP contribution in [-0.4, -0.2) is 36.2 Å². The second-order valence-corrected chi connectivity index (χ2v) is 5.42. The lowest BCUT2D eigenvalue weighted by Crippen LogP contribution is -2.45. The van der Waals surface area contributed by atoms with Gasteiger partial charge in [-0.2, -0.15) is 0 Å². The Kier molecular flexibility index (Phi) is 4.80. The molecule has 0 spiro atoms. The van der Waals surface area contributed by atoms with Crippen LogP contribution in [0.25, 0.3) is 0 Å². The first-order valence-corrected chi connectivity index (χ1v) is 6.94. The molecule has 2 fully saturated rings. The normalized spacial score (nSPS) is 31.1. The van der Waals surface area contributed by atoms with Gasteiger partial charge in [-0.25, -0.2) is 0 Å². The summed E-state index contributed by atoms with van der Waals surface area (Å²) in [5.41, 5.74) is 0. The number of nitrogens with one attached hydrogen (secondary N) is 2. The first-order chi connectivity index (χ1) is 8.25. The minimum atomic E-state index is -0.333. The zero-order chi connectivity index (χ0) is 12.1. The van der Waals surface area contributed by atoms with Crippen LogP contribution in [0.15, 0.2) is 0 Å². The highest BCUT2D eigenvalue weighted by Gasteiger charge is 2.25. The Morgan fingerprint density at radius 1 is 1.18 bits per heavy atom. The van der Waals surface area contributed by atoms with Crippen LogP contribution in [-0.2, 0) is 4.79 Å². The zero-order valence-electron chi connectivity index (χ0n) is 10.5. The number of amides is 1. The van der Waals surface area contributed by atoms with E-state index in [9.17, 15) is 9.90 Å². The summed E-state index contributed by atoms with van der Waals surface area (Å²) in [5, 5.41) is 16.1. The SMILES string of the molecule is O=C(CC1CCNCC1)NC1CCCCC1O. The molecule has 1 saturated heterocycles. The Labute approximate surface area is 103 Å². The molecule has 2 unspecified atom stereocenters. The first kappa shape index (κ1) is 12.8. The lowest BCUT2D eigenvalue weighted by atomic mass is 9.91.